The highest BCUT2D eigenvalue weighted by molar-refractivity contribution is 6.31. The molecule has 10 heteroatoms. The standard InChI is InChI=1S/C36H45Cl2N3O5/c37-28-13-7-11-25(18-28)31(26-12-8-14-29(38)19-26)23-46-35(45)40-32(17-24-9-3-1-4-10-24)34(44)39-30(22-42)20-27-21-36(41-33(27)43)15-5-2-6-16-36/h7-8,11-14,18-19,22,24,27,30-32H,1-6,9-10,15-17,20-21,23H2,(H,39,44)(H,40,45)(H,41,43)/t27?,30?,32-/m0/s1. The molecule has 0 bridgehead atoms. The van der Waals surface area contributed by atoms with Gasteiger partial charge in [-0.05, 0) is 73.4 Å². The van der Waals surface area contributed by atoms with Crippen molar-refractivity contribution in [2.45, 2.75) is 107 Å². The molecule has 2 saturated carbocycles. The molecule has 0 radical (unpaired) electrons. The van der Waals surface area contributed by atoms with Crippen LogP contribution in [0.2, 0.25) is 10.0 Å². The summed E-state index contributed by atoms with van der Waals surface area (Å²) in [6, 6.07) is 13.0. The van der Waals surface area contributed by atoms with Gasteiger partial charge in [-0.15, -0.1) is 0 Å². The van der Waals surface area contributed by atoms with Gasteiger partial charge in [-0.2, -0.15) is 0 Å². The van der Waals surface area contributed by atoms with E-state index in [2.05, 4.69) is 16.0 Å². The Morgan fingerprint density at radius 2 is 1.54 bits per heavy atom. The maximum atomic E-state index is 13.7. The predicted octanol–water partition coefficient (Wildman–Crippen LogP) is 7.10. The van der Waals surface area contributed by atoms with Gasteiger partial charge in [0.15, 0.2) is 0 Å². The Labute approximate surface area is 281 Å². The normalized spacial score (nSPS) is 20.9. The van der Waals surface area contributed by atoms with Crippen molar-refractivity contribution in [3.05, 3.63) is 69.7 Å². The van der Waals surface area contributed by atoms with Gasteiger partial charge < -0.3 is 25.5 Å². The van der Waals surface area contributed by atoms with Crippen molar-refractivity contribution in [3.63, 3.8) is 0 Å². The van der Waals surface area contributed by atoms with E-state index in [4.69, 9.17) is 27.9 Å². The van der Waals surface area contributed by atoms with Gasteiger partial charge in [0.1, 0.15) is 18.9 Å². The molecule has 3 atom stereocenters. The second-order valence-electron chi connectivity index (χ2n) is 13.4. The summed E-state index contributed by atoms with van der Waals surface area (Å²) in [6.45, 7) is -0.000209. The van der Waals surface area contributed by atoms with Gasteiger partial charge in [0.25, 0.3) is 0 Å². The zero-order valence-corrected chi connectivity index (χ0v) is 27.8. The number of ether oxygens (including phenoxy) is 1. The van der Waals surface area contributed by atoms with Crippen LogP contribution in [0.15, 0.2) is 48.5 Å². The van der Waals surface area contributed by atoms with Gasteiger partial charge in [-0.1, -0.05) is 98.8 Å². The number of hydrogen-bond acceptors (Lipinski definition) is 5. The molecule has 3 fully saturated rings. The molecule has 8 nitrogen and oxygen atoms in total. The number of halogens is 2. The largest absolute Gasteiger partial charge is 0.449 e. The maximum Gasteiger partial charge on any atom is 0.407 e. The van der Waals surface area contributed by atoms with Crippen LogP contribution in [-0.2, 0) is 19.1 Å². The molecule has 3 N–H and O–H groups in total. The lowest BCUT2D eigenvalue weighted by Crippen LogP contribution is -2.51. The highest BCUT2D eigenvalue weighted by Crippen LogP contribution is 2.39. The number of nitrogens with one attached hydrogen (secondary N) is 3. The first-order chi connectivity index (χ1) is 22.2. The Morgan fingerprint density at radius 1 is 0.913 bits per heavy atom. The highest BCUT2D eigenvalue weighted by atomic mass is 35.5. The van der Waals surface area contributed by atoms with E-state index in [-0.39, 0.29) is 42.2 Å². The van der Waals surface area contributed by atoms with Crippen LogP contribution in [0.4, 0.5) is 4.79 Å². The molecular weight excluding hydrogens is 625 g/mol. The number of alkyl carbamates (subject to hydrolysis) is 1. The minimum atomic E-state index is -0.879. The summed E-state index contributed by atoms with van der Waals surface area (Å²) in [4.78, 5) is 51.9. The molecule has 2 aliphatic carbocycles. The number of amides is 3. The summed E-state index contributed by atoms with van der Waals surface area (Å²) >= 11 is 12.6. The van der Waals surface area contributed by atoms with Crippen LogP contribution in [0.5, 0.6) is 0 Å². The molecule has 2 unspecified atom stereocenters. The number of aldehydes is 1. The Hall–Kier alpha value is -3.10. The van der Waals surface area contributed by atoms with Gasteiger partial charge in [-0.3, -0.25) is 9.59 Å². The van der Waals surface area contributed by atoms with Crippen LogP contribution >= 0.6 is 23.2 Å². The molecule has 1 saturated heterocycles. The molecule has 3 aliphatic rings. The minimum Gasteiger partial charge on any atom is -0.449 e. The lowest BCUT2D eigenvalue weighted by molar-refractivity contribution is -0.127. The molecule has 1 heterocycles. The number of rotatable bonds is 12. The van der Waals surface area contributed by atoms with E-state index in [1.807, 2.05) is 36.4 Å². The monoisotopic (exact) mass is 669 g/mol. The molecule has 248 valence electrons. The number of benzene rings is 2. The SMILES string of the molecule is O=CC(CC1CC2(CCCCC2)NC1=O)NC(=O)[C@H](CC1CCCCC1)NC(=O)OCC(c1cccc(Cl)c1)c1cccc(Cl)c1. The molecule has 46 heavy (non-hydrogen) atoms. The Morgan fingerprint density at radius 3 is 2.15 bits per heavy atom. The van der Waals surface area contributed by atoms with Crippen molar-refractivity contribution in [1.82, 2.24) is 16.0 Å². The summed E-state index contributed by atoms with van der Waals surface area (Å²) in [5.74, 6) is -0.877. The first-order valence-electron chi connectivity index (χ1n) is 16.8. The van der Waals surface area contributed by atoms with Gasteiger partial charge in [0, 0.05) is 27.4 Å². The minimum absolute atomic E-state index is 0.000209. The van der Waals surface area contributed by atoms with Gasteiger partial charge in [0.2, 0.25) is 11.8 Å². The van der Waals surface area contributed by atoms with Crippen LogP contribution in [-0.4, -0.2) is 48.4 Å². The third-order valence-electron chi connectivity index (χ3n) is 10.0. The zero-order valence-electron chi connectivity index (χ0n) is 26.3. The van der Waals surface area contributed by atoms with E-state index in [0.29, 0.717) is 29.2 Å². The molecule has 1 aliphatic heterocycles. The van der Waals surface area contributed by atoms with E-state index in [1.54, 1.807) is 12.1 Å². The third kappa shape index (κ3) is 9.25. The summed E-state index contributed by atoms with van der Waals surface area (Å²) in [7, 11) is 0. The van der Waals surface area contributed by atoms with E-state index >= 15 is 0 Å². The van der Waals surface area contributed by atoms with E-state index in [1.165, 1.54) is 6.42 Å². The first-order valence-corrected chi connectivity index (χ1v) is 17.5. The number of carbonyl (C=O) groups is 4. The fourth-order valence-electron chi connectivity index (χ4n) is 7.63. The van der Waals surface area contributed by atoms with Crippen LogP contribution in [0.1, 0.15) is 101 Å². The van der Waals surface area contributed by atoms with Crippen LogP contribution in [0, 0.1) is 11.8 Å². The molecule has 5 rings (SSSR count). The third-order valence-corrected chi connectivity index (χ3v) is 10.5. The summed E-state index contributed by atoms with van der Waals surface area (Å²) in [5, 5.41) is 9.97. The zero-order chi connectivity index (χ0) is 32.5. The molecule has 3 amide bonds. The van der Waals surface area contributed by atoms with Crippen LogP contribution < -0.4 is 16.0 Å². The average molecular weight is 671 g/mol. The first kappa shape index (κ1) is 34.2. The molecule has 0 aromatic heterocycles. The smallest absolute Gasteiger partial charge is 0.407 e. The van der Waals surface area contributed by atoms with Crippen molar-refractivity contribution >= 4 is 47.4 Å². The van der Waals surface area contributed by atoms with Crippen molar-refractivity contribution in [1.29, 1.82) is 0 Å². The number of carbonyl (C=O) groups excluding carboxylic acids is 4. The highest BCUT2D eigenvalue weighted by Gasteiger charge is 2.45. The Bertz CT molecular complexity index is 1330. The Balaban J connectivity index is 1.24. The predicted molar refractivity (Wildman–Crippen MR) is 179 cm³/mol. The Kier molecular flexibility index (Phi) is 12.0. The van der Waals surface area contributed by atoms with Crippen molar-refractivity contribution in [2.75, 3.05) is 6.61 Å². The summed E-state index contributed by atoms with van der Waals surface area (Å²) < 4.78 is 5.74. The summed E-state index contributed by atoms with van der Waals surface area (Å²) in [6.07, 6.45) is 11.9. The molecule has 1 spiro atoms. The van der Waals surface area contributed by atoms with Crippen LogP contribution in [0.3, 0.4) is 0 Å². The van der Waals surface area contributed by atoms with E-state index in [9.17, 15) is 19.2 Å². The topological polar surface area (TPSA) is 114 Å². The van der Waals surface area contributed by atoms with Gasteiger partial charge >= 0.3 is 6.09 Å². The van der Waals surface area contributed by atoms with Crippen molar-refractivity contribution < 1.29 is 23.9 Å². The average Bonchev–Trinajstić information content (AvgIpc) is 3.34. The van der Waals surface area contributed by atoms with Crippen LogP contribution in [0.25, 0.3) is 0 Å². The molecular formula is C36H45Cl2N3O5. The lowest BCUT2D eigenvalue weighted by atomic mass is 9.78. The fourth-order valence-corrected chi connectivity index (χ4v) is 8.02. The summed E-state index contributed by atoms with van der Waals surface area (Å²) in [5.41, 5.74) is 1.54. The second-order valence-corrected chi connectivity index (χ2v) is 14.3. The van der Waals surface area contributed by atoms with E-state index < -0.39 is 24.1 Å². The van der Waals surface area contributed by atoms with Crippen molar-refractivity contribution in [2.24, 2.45) is 11.8 Å². The van der Waals surface area contributed by atoms with Gasteiger partial charge in [0.05, 0.1) is 6.04 Å². The van der Waals surface area contributed by atoms with Gasteiger partial charge in [-0.25, -0.2) is 4.79 Å². The van der Waals surface area contributed by atoms with E-state index in [0.717, 1.165) is 68.9 Å². The fraction of sp³-hybridized carbons (Fsp3) is 0.556. The molecule has 2 aromatic rings. The quantitative estimate of drug-likeness (QED) is 0.209. The second kappa shape index (κ2) is 16.1. The molecule has 2 aromatic carbocycles. The van der Waals surface area contributed by atoms with Crippen molar-refractivity contribution in [3.8, 4) is 0 Å². The maximum absolute atomic E-state index is 13.7. The number of hydrogen-bond donors (Lipinski definition) is 3. The lowest BCUT2D eigenvalue weighted by Gasteiger charge is -2.33.